The SMILES string of the molecule is CCC#C[CH]OCCC. The van der Waals surface area contributed by atoms with Crippen molar-refractivity contribution in [3.05, 3.63) is 6.61 Å². The molecule has 0 rings (SSSR count). The molecule has 0 amide bonds. The monoisotopic (exact) mass is 125 g/mol. The van der Waals surface area contributed by atoms with Crippen molar-refractivity contribution >= 4 is 0 Å². The van der Waals surface area contributed by atoms with Crippen LogP contribution in [0.5, 0.6) is 0 Å². The summed E-state index contributed by atoms with van der Waals surface area (Å²) in [5.41, 5.74) is 0. The lowest BCUT2D eigenvalue weighted by Crippen LogP contribution is -1.85. The Balaban J connectivity index is 2.90. The molecule has 0 aromatic rings. The lowest BCUT2D eigenvalue weighted by molar-refractivity contribution is 0.219. The Labute approximate surface area is 57.4 Å². The van der Waals surface area contributed by atoms with E-state index in [-0.39, 0.29) is 0 Å². The van der Waals surface area contributed by atoms with Gasteiger partial charge in [0.05, 0.1) is 0 Å². The van der Waals surface area contributed by atoms with Crippen molar-refractivity contribution < 1.29 is 4.74 Å². The Morgan fingerprint density at radius 3 is 2.78 bits per heavy atom. The molecule has 0 bridgehead atoms. The third-order valence-corrected chi connectivity index (χ3v) is 0.743. The summed E-state index contributed by atoms with van der Waals surface area (Å²) >= 11 is 0. The predicted molar refractivity (Wildman–Crippen MR) is 38.6 cm³/mol. The number of ether oxygens (including phenoxy) is 1. The molecule has 0 heterocycles. The third-order valence-electron chi connectivity index (χ3n) is 0.743. The second-order valence-corrected chi connectivity index (χ2v) is 1.66. The largest absolute Gasteiger partial charge is 0.362 e. The molecule has 1 heteroatoms. The zero-order valence-electron chi connectivity index (χ0n) is 6.11. The van der Waals surface area contributed by atoms with Crippen LogP contribution in [0.1, 0.15) is 26.7 Å². The highest BCUT2D eigenvalue weighted by Crippen LogP contribution is 1.82. The Morgan fingerprint density at radius 2 is 2.22 bits per heavy atom. The molecule has 51 valence electrons. The van der Waals surface area contributed by atoms with Gasteiger partial charge in [-0.2, -0.15) is 0 Å². The van der Waals surface area contributed by atoms with Crippen molar-refractivity contribution in [3.8, 4) is 11.8 Å². The van der Waals surface area contributed by atoms with E-state index in [4.69, 9.17) is 4.74 Å². The maximum atomic E-state index is 4.99. The van der Waals surface area contributed by atoms with Crippen LogP contribution in [0.15, 0.2) is 0 Å². The second-order valence-electron chi connectivity index (χ2n) is 1.66. The maximum absolute atomic E-state index is 4.99. The van der Waals surface area contributed by atoms with Crippen LogP contribution in [-0.4, -0.2) is 6.61 Å². The van der Waals surface area contributed by atoms with Gasteiger partial charge in [0, 0.05) is 13.0 Å². The molecule has 0 aromatic heterocycles. The Morgan fingerprint density at radius 1 is 1.44 bits per heavy atom. The maximum Gasteiger partial charge on any atom is 0.155 e. The first-order chi connectivity index (χ1) is 4.41. The van der Waals surface area contributed by atoms with Gasteiger partial charge in [-0.25, -0.2) is 0 Å². The summed E-state index contributed by atoms with van der Waals surface area (Å²) in [5, 5.41) is 0. The molecule has 1 radical (unpaired) electrons. The lowest BCUT2D eigenvalue weighted by atomic mass is 10.5. The van der Waals surface area contributed by atoms with Crippen LogP contribution in [0.2, 0.25) is 0 Å². The third kappa shape index (κ3) is 7.52. The van der Waals surface area contributed by atoms with Crippen molar-refractivity contribution in [1.82, 2.24) is 0 Å². The van der Waals surface area contributed by atoms with Gasteiger partial charge in [0.15, 0.2) is 6.61 Å². The van der Waals surface area contributed by atoms with E-state index in [0.29, 0.717) is 0 Å². The first kappa shape index (κ1) is 8.52. The van der Waals surface area contributed by atoms with Crippen LogP contribution < -0.4 is 0 Å². The van der Waals surface area contributed by atoms with Gasteiger partial charge in [0.2, 0.25) is 0 Å². The van der Waals surface area contributed by atoms with E-state index in [1.54, 1.807) is 6.61 Å². The van der Waals surface area contributed by atoms with Gasteiger partial charge in [-0.05, 0) is 6.42 Å². The predicted octanol–water partition coefficient (Wildman–Crippen LogP) is 1.99. The number of hydrogen-bond donors (Lipinski definition) is 0. The molecular weight excluding hydrogens is 112 g/mol. The standard InChI is InChI=1S/C8H13O/c1-3-5-6-8-9-7-4-2/h8H,3-4,7H2,1-2H3. The van der Waals surface area contributed by atoms with Gasteiger partial charge in [0.1, 0.15) is 0 Å². The van der Waals surface area contributed by atoms with Crippen LogP contribution in [0.25, 0.3) is 0 Å². The van der Waals surface area contributed by atoms with Gasteiger partial charge in [0.25, 0.3) is 0 Å². The fraction of sp³-hybridized carbons (Fsp3) is 0.625. The molecule has 0 N–H and O–H groups in total. The van der Waals surface area contributed by atoms with Crippen molar-refractivity contribution in [3.63, 3.8) is 0 Å². The summed E-state index contributed by atoms with van der Waals surface area (Å²) in [4.78, 5) is 0. The second kappa shape index (κ2) is 7.52. The normalized spacial score (nSPS) is 8.22. The van der Waals surface area contributed by atoms with Crippen LogP contribution in [0, 0.1) is 18.4 Å². The van der Waals surface area contributed by atoms with E-state index in [1.807, 2.05) is 6.92 Å². The lowest BCUT2D eigenvalue weighted by Gasteiger charge is -1.90. The van der Waals surface area contributed by atoms with Gasteiger partial charge in [-0.15, -0.1) is 5.92 Å². The minimum Gasteiger partial charge on any atom is -0.362 e. The molecule has 0 spiro atoms. The van der Waals surface area contributed by atoms with E-state index in [1.165, 1.54) is 0 Å². The molecular formula is C8H13O. The highest BCUT2D eigenvalue weighted by Gasteiger charge is 1.77. The minimum absolute atomic E-state index is 0.776. The summed E-state index contributed by atoms with van der Waals surface area (Å²) in [6, 6.07) is 0. The van der Waals surface area contributed by atoms with Gasteiger partial charge in [-0.3, -0.25) is 0 Å². The van der Waals surface area contributed by atoms with E-state index in [0.717, 1.165) is 19.4 Å². The molecule has 0 aliphatic rings. The fourth-order valence-corrected chi connectivity index (χ4v) is 0.362. The summed E-state index contributed by atoms with van der Waals surface area (Å²) in [6.45, 7) is 6.42. The Hall–Kier alpha value is -0.480. The fourth-order valence-electron chi connectivity index (χ4n) is 0.362. The molecule has 0 unspecified atom stereocenters. The molecule has 0 aliphatic carbocycles. The number of rotatable bonds is 3. The zero-order valence-corrected chi connectivity index (χ0v) is 6.11. The molecule has 0 saturated heterocycles. The van der Waals surface area contributed by atoms with E-state index in [2.05, 4.69) is 18.8 Å². The average Bonchev–Trinajstić information content (AvgIpc) is 1.89. The van der Waals surface area contributed by atoms with Crippen LogP contribution >= 0.6 is 0 Å². The average molecular weight is 125 g/mol. The molecule has 1 nitrogen and oxygen atoms in total. The first-order valence-electron chi connectivity index (χ1n) is 3.33. The van der Waals surface area contributed by atoms with E-state index < -0.39 is 0 Å². The molecule has 0 fully saturated rings. The Bertz CT molecular complexity index is 96.9. The number of hydrogen-bond acceptors (Lipinski definition) is 1. The van der Waals surface area contributed by atoms with Crippen molar-refractivity contribution in [2.24, 2.45) is 0 Å². The smallest absolute Gasteiger partial charge is 0.155 e. The molecule has 0 aliphatic heterocycles. The van der Waals surface area contributed by atoms with Crippen LogP contribution in [-0.2, 0) is 4.74 Å². The van der Waals surface area contributed by atoms with Crippen LogP contribution in [0.3, 0.4) is 0 Å². The molecule has 0 saturated carbocycles. The minimum atomic E-state index is 0.776. The van der Waals surface area contributed by atoms with Crippen LogP contribution in [0.4, 0.5) is 0 Å². The van der Waals surface area contributed by atoms with E-state index in [9.17, 15) is 0 Å². The highest BCUT2D eigenvalue weighted by molar-refractivity contribution is 5.04. The summed E-state index contributed by atoms with van der Waals surface area (Å²) < 4.78 is 4.99. The summed E-state index contributed by atoms with van der Waals surface area (Å²) in [6.07, 6.45) is 1.94. The van der Waals surface area contributed by atoms with Gasteiger partial charge >= 0.3 is 0 Å². The Kier molecular flexibility index (Phi) is 7.12. The molecule has 0 aromatic carbocycles. The van der Waals surface area contributed by atoms with E-state index >= 15 is 0 Å². The van der Waals surface area contributed by atoms with Crippen molar-refractivity contribution in [1.29, 1.82) is 0 Å². The molecule has 9 heavy (non-hydrogen) atoms. The van der Waals surface area contributed by atoms with Crippen molar-refractivity contribution in [2.45, 2.75) is 26.7 Å². The summed E-state index contributed by atoms with van der Waals surface area (Å²) in [7, 11) is 0. The highest BCUT2D eigenvalue weighted by atomic mass is 16.5. The molecule has 0 atom stereocenters. The van der Waals surface area contributed by atoms with Gasteiger partial charge < -0.3 is 4.74 Å². The summed E-state index contributed by atoms with van der Waals surface area (Å²) in [5.74, 6) is 5.65. The zero-order chi connectivity index (χ0) is 6.95. The van der Waals surface area contributed by atoms with Gasteiger partial charge in [-0.1, -0.05) is 19.8 Å². The quantitative estimate of drug-likeness (QED) is 0.414. The van der Waals surface area contributed by atoms with Crippen molar-refractivity contribution in [2.75, 3.05) is 6.61 Å². The first-order valence-corrected chi connectivity index (χ1v) is 3.33. The topological polar surface area (TPSA) is 9.23 Å².